The van der Waals surface area contributed by atoms with Gasteiger partial charge >= 0.3 is 0 Å². The van der Waals surface area contributed by atoms with E-state index in [-0.39, 0.29) is 5.78 Å². The number of hydrogen-bond donors (Lipinski definition) is 0. The zero-order valence-corrected chi connectivity index (χ0v) is 6.49. The minimum atomic E-state index is 0.212. The summed E-state index contributed by atoms with van der Waals surface area (Å²) in [5.74, 6) is 1.88. The molecule has 48 valence electrons. The molecule has 1 unspecified atom stereocenters. The van der Waals surface area contributed by atoms with Crippen molar-refractivity contribution in [1.29, 1.82) is 0 Å². The summed E-state index contributed by atoms with van der Waals surface area (Å²) in [6, 6.07) is 0. The molecule has 0 fully saturated rings. The Hall–Kier alpha value is -0.175. The van der Waals surface area contributed by atoms with E-state index in [1.54, 1.807) is 18.7 Å². The van der Waals surface area contributed by atoms with Crippen molar-refractivity contribution in [3.63, 3.8) is 0 Å². The van der Waals surface area contributed by atoms with Gasteiger partial charge in [0.05, 0.1) is 0 Å². The Morgan fingerprint density at radius 2 is 2.67 bits per heavy atom. The molecular weight excluding hydrogens is 131 g/mol. The van der Waals surface area contributed by atoms with Gasteiger partial charge in [-0.05, 0) is 18.5 Å². The number of thioether (sulfide) groups is 1. The highest BCUT2D eigenvalue weighted by Gasteiger charge is 2.14. The summed E-state index contributed by atoms with van der Waals surface area (Å²) in [4.78, 5) is 11.6. The van der Waals surface area contributed by atoms with E-state index in [4.69, 9.17) is 0 Å². The zero-order valence-electron chi connectivity index (χ0n) is 5.68. The number of rotatable bonds is 1. The highest BCUT2D eigenvalue weighted by Crippen LogP contribution is 2.30. The lowest BCUT2D eigenvalue weighted by Gasteiger charge is -1.89. The molecule has 0 saturated heterocycles. The van der Waals surface area contributed by atoms with Crippen LogP contribution in [0.1, 0.15) is 6.92 Å². The number of carbonyl (C=O) groups excluding carboxylic acids is 1. The Labute approximate surface area is 60.3 Å². The highest BCUT2D eigenvalue weighted by atomic mass is 32.2. The second kappa shape index (κ2) is 2.61. The van der Waals surface area contributed by atoms with Crippen molar-refractivity contribution < 1.29 is 4.79 Å². The molecule has 0 saturated carbocycles. The lowest BCUT2D eigenvalue weighted by Crippen LogP contribution is -1.87. The first-order chi connectivity index (χ1) is 4.20. The van der Waals surface area contributed by atoms with Crippen molar-refractivity contribution in [3.05, 3.63) is 11.0 Å². The van der Waals surface area contributed by atoms with Gasteiger partial charge < -0.3 is 0 Å². The molecule has 0 aliphatic carbocycles. The minimum Gasteiger partial charge on any atom is -0.294 e. The van der Waals surface area contributed by atoms with Gasteiger partial charge in [-0.15, -0.1) is 11.8 Å². The molecule has 0 spiro atoms. The van der Waals surface area contributed by atoms with E-state index in [2.05, 4.69) is 7.85 Å². The smallest absolute Gasteiger partial charge is 0.165 e. The predicted octanol–water partition coefficient (Wildman–Crippen LogP) is 0.628. The van der Waals surface area contributed by atoms with Crippen LogP contribution in [-0.4, -0.2) is 19.4 Å². The van der Waals surface area contributed by atoms with Gasteiger partial charge in [-0.25, -0.2) is 0 Å². The summed E-state index contributed by atoms with van der Waals surface area (Å²) >= 11 is 1.67. The van der Waals surface area contributed by atoms with E-state index >= 15 is 0 Å². The third-order valence-electron chi connectivity index (χ3n) is 1.28. The van der Waals surface area contributed by atoms with Gasteiger partial charge in [0, 0.05) is 4.91 Å². The first-order valence-electron chi connectivity index (χ1n) is 3.05. The summed E-state index contributed by atoms with van der Waals surface area (Å²) < 4.78 is 0. The molecule has 0 N–H and O–H groups in total. The maximum Gasteiger partial charge on any atom is 0.165 e. The van der Waals surface area contributed by atoms with E-state index in [0.717, 1.165) is 10.7 Å². The average Bonchev–Trinajstić information content (AvgIpc) is 2.14. The fraction of sp³-hybridized carbons (Fsp3) is 0.500. The molecule has 1 aliphatic rings. The van der Waals surface area contributed by atoms with Crippen molar-refractivity contribution in [2.45, 2.75) is 12.7 Å². The molecule has 0 aromatic heterocycles. The Morgan fingerprint density at radius 3 is 2.89 bits per heavy atom. The fourth-order valence-corrected chi connectivity index (χ4v) is 1.87. The van der Waals surface area contributed by atoms with E-state index in [1.165, 1.54) is 0 Å². The van der Waals surface area contributed by atoms with Crippen molar-refractivity contribution >= 4 is 25.4 Å². The van der Waals surface area contributed by atoms with Crippen LogP contribution in [0.2, 0.25) is 5.82 Å². The summed E-state index contributed by atoms with van der Waals surface area (Å²) in [6.45, 7) is 1.62. The van der Waals surface area contributed by atoms with Crippen LogP contribution >= 0.6 is 11.8 Å². The second-order valence-electron chi connectivity index (χ2n) is 2.38. The van der Waals surface area contributed by atoms with Crippen LogP contribution in [0.5, 0.6) is 0 Å². The molecule has 0 bridgehead atoms. The van der Waals surface area contributed by atoms with Crippen molar-refractivity contribution in [2.75, 3.05) is 5.75 Å². The topological polar surface area (TPSA) is 17.1 Å². The van der Waals surface area contributed by atoms with Crippen molar-refractivity contribution in [1.82, 2.24) is 0 Å². The number of carbonyl (C=O) groups is 1. The molecule has 0 aromatic carbocycles. The Bertz CT molecular complexity index is 164. The minimum absolute atomic E-state index is 0.212. The molecule has 0 radical (unpaired) electrons. The van der Waals surface area contributed by atoms with E-state index in [9.17, 15) is 4.79 Å². The van der Waals surface area contributed by atoms with Crippen molar-refractivity contribution in [2.24, 2.45) is 0 Å². The maximum atomic E-state index is 10.7. The summed E-state index contributed by atoms with van der Waals surface area (Å²) in [7, 11) is 2.13. The SMILES string of the molecule is BC1C=C(C(C)=O)SC1. The third kappa shape index (κ3) is 1.61. The van der Waals surface area contributed by atoms with E-state index in [1.807, 2.05) is 6.08 Å². The van der Waals surface area contributed by atoms with Crippen LogP contribution in [0.25, 0.3) is 0 Å². The number of allylic oxidation sites excluding steroid dienone is 2. The molecule has 1 atom stereocenters. The highest BCUT2D eigenvalue weighted by molar-refractivity contribution is 8.04. The second-order valence-corrected chi connectivity index (χ2v) is 3.44. The standard InChI is InChI=1S/C6H9BOS/c1-4(8)6-2-5(7)3-9-6/h2,5H,3,7H2,1H3. The summed E-state index contributed by atoms with van der Waals surface area (Å²) in [5.41, 5.74) is 0. The van der Waals surface area contributed by atoms with Crippen LogP contribution in [0.4, 0.5) is 0 Å². The monoisotopic (exact) mass is 140 g/mol. The van der Waals surface area contributed by atoms with Crippen molar-refractivity contribution in [3.8, 4) is 0 Å². The average molecular weight is 140 g/mol. The predicted molar refractivity (Wildman–Crippen MR) is 43.5 cm³/mol. The molecule has 0 amide bonds. The number of ketones is 1. The van der Waals surface area contributed by atoms with Gasteiger partial charge in [-0.2, -0.15) is 0 Å². The van der Waals surface area contributed by atoms with Crippen LogP contribution in [0.3, 0.4) is 0 Å². The maximum absolute atomic E-state index is 10.7. The van der Waals surface area contributed by atoms with Gasteiger partial charge in [-0.1, -0.05) is 6.08 Å². The largest absolute Gasteiger partial charge is 0.294 e. The molecule has 1 rings (SSSR count). The van der Waals surface area contributed by atoms with Gasteiger partial charge in [0.25, 0.3) is 0 Å². The van der Waals surface area contributed by atoms with Gasteiger partial charge in [0.1, 0.15) is 7.85 Å². The normalized spacial score (nSPS) is 25.9. The van der Waals surface area contributed by atoms with Gasteiger partial charge in [-0.3, -0.25) is 4.79 Å². The van der Waals surface area contributed by atoms with E-state index < -0.39 is 0 Å². The molecule has 1 heterocycles. The van der Waals surface area contributed by atoms with Crippen LogP contribution < -0.4 is 0 Å². The molecule has 1 aliphatic heterocycles. The molecule has 1 nitrogen and oxygen atoms in total. The zero-order chi connectivity index (χ0) is 6.85. The molecule has 9 heavy (non-hydrogen) atoms. The molecule has 0 aromatic rings. The third-order valence-corrected chi connectivity index (χ3v) is 2.71. The first-order valence-corrected chi connectivity index (χ1v) is 4.04. The quantitative estimate of drug-likeness (QED) is 0.497. The molecule has 3 heteroatoms. The summed E-state index contributed by atoms with van der Waals surface area (Å²) in [6.07, 6.45) is 2.05. The summed E-state index contributed by atoms with van der Waals surface area (Å²) in [5, 5.41) is 0. The Kier molecular flexibility index (Phi) is 2.01. The Morgan fingerprint density at radius 1 is 2.00 bits per heavy atom. The van der Waals surface area contributed by atoms with Crippen LogP contribution in [0.15, 0.2) is 11.0 Å². The lowest BCUT2D eigenvalue weighted by molar-refractivity contribution is -0.112. The lowest BCUT2D eigenvalue weighted by atomic mass is 9.89. The van der Waals surface area contributed by atoms with Crippen LogP contribution in [0, 0.1) is 0 Å². The number of Topliss-reactive ketones (excluding diaryl/α,β-unsaturated/α-hetero) is 1. The van der Waals surface area contributed by atoms with E-state index in [0.29, 0.717) is 5.82 Å². The first kappa shape index (κ1) is 6.94. The van der Waals surface area contributed by atoms with Gasteiger partial charge in [0.15, 0.2) is 5.78 Å². The fourth-order valence-electron chi connectivity index (χ4n) is 0.795. The van der Waals surface area contributed by atoms with Gasteiger partial charge in [0.2, 0.25) is 0 Å². The number of hydrogen-bond acceptors (Lipinski definition) is 2. The molecular formula is C6H9BOS. The Balaban J connectivity index is 2.62. The van der Waals surface area contributed by atoms with Crippen LogP contribution in [-0.2, 0) is 4.79 Å².